The Labute approximate surface area is 80.3 Å². The SMILES string of the molecule is CCOC(=O)C=C(O)c1ccsc1. The molecule has 1 rings (SSSR count). The molecule has 0 bridgehead atoms. The fraction of sp³-hybridized carbons (Fsp3) is 0.222. The van der Waals surface area contributed by atoms with Crippen LogP contribution in [0.4, 0.5) is 0 Å². The highest BCUT2D eigenvalue weighted by Crippen LogP contribution is 2.14. The standard InChI is InChI=1S/C9H10O3S/c1-2-12-9(11)5-8(10)7-3-4-13-6-7/h3-6,10H,2H2,1H3. The Morgan fingerprint density at radius 2 is 2.54 bits per heavy atom. The van der Waals surface area contributed by atoms with Gasteiger partial charge in [0.2, 0.25) is 0 Å². The lowest BCUT2D eigenvalue weighted by Gasteiger charge is -1.97. The van der Waals surface area contributed by atoms with E-state index in [1.54, 1.807) is 18.4 Å². The Morgan fingerprint density at radius 1 is 1.77 bits per heavy atom. The maximum Gasteiger partial charge on any atom is 0.334 e. The molecule has 13 heavy (non-hydrogen) atoms. The minimum atomic E-state index is -0.522. The summed E-state index contributed by atoms with van der Waals surface area (Å²) in [6.45, 7) is 2.03. The summed E-state index contributed by atoms with van der Waals surface area (Å²) in [5, 5.41) is 13.0. The first-order chi connectivity index (χ1) is 6.24. The topological polar surface area (TPSA) is 46.5 Å². The van der Waals surface area contributed by atoms with Crippen molar-refractivity contribution < 1.29 is 14.6 Å². The molecule has 0 aliphatic carbocycles. The minimum absolute atomic E-state index is 0.0558. The molecule has 3 nitrogen and oxygen atoms in total. The molecule has 0 aliphatic rings. The van der Waals surface area contributed by atoms with Gasteiger partial charge in [0.1, 0.15) is 5.76 Å². The van der Waals surface area contributed by atoms with Crippen LogP contribution in [-0.4, -0.2) is 17.7 Å². The van der Waals surface area contributed by atoms with Crippen molar-refractivity contribution in [2.75, 3.05) is 6.61 Å². The number of ether oxygens (including phenoxy) is 1. The molecule has 1 aromatic heterocycles. The van der Waals surface area contributed by atoms with E-state index in [1.165, 1.54) is 11.3 Å². The third-order valence-electron chi connectivity index (χ3n) is 1.36. The molecule has 0 atom stereocenters. The number of esters is 1. The number of carbonyl (C=O) groups excluding carboxylic acids is 1. The van der Waals surface area contributed by atoms with Gasteiger partial charge in [0.05, 0.1) is 12.7 Å². The second-order valence-corrected chi connectivity index (χ2v) is 3.07. The van der Waals surface area contributed by atoms with E-state index in [-0.39, 0.29) is 5.76 Å². The van der Waals surface area contributed by atoms with Crippen molar-refractivity contribution in [1.29, 1.82) is 0 Å². The molecule has 1 N–H and O–H groups in total. The third-order valence-corrected chi connectivity index (χ3v) is 2.04. The van der Waals surface area contributed by atoms with Crippen LogP contribution in [0.15, 0.2) is 22.9 Å². The summed E-state index contributed by atoms with van der Waals surface area (Å²) in [4.78, 5) is 10.9. The number of hydrogen-bond acceptors (Lipinski definition) is 4. The van der Waals surface area contributed by atoms with Crippen LogP contribution in [0.2, 0.25) is 0 Å². The minimum Gasteiger partial charge on any atom is -0.507 e. The van der Waals surface area contributed by atoms with E-state index in [0.29, 0.717) is 12.2 Å². The Kier molecular flexibility index (Phi) is 3.52. The molecule has 0 radical (unpaired) electrons. The summed E-state index contributed by atoms with van der Waals surface area (Å²) in [5.41, 5.74) is 0.637. The smallest absolute Gasteiger partial charge is 0.334 e. The second kappa shape index (κ2) is 4.67. The van der Waals surface area contributed by atoms with Crippen molar-refractivity contribution in [3.8, 4) is 0 Å². The average Bonchev–Trinajstić information content (AvgIpc) is 2.55. The van der Waals surface area contributed by atoms with E-state index in [9.17, 15) is 9.90 Å². The number of thiophene rings is 1. The summed E-state index contributed by atoms with van der Waals surface area (Å²) in [6.07, 6.45) is 1.07. The monoisotopic (exact) mass is 198 g/mol. The largest absolute Gasteiger partial charge is 0.507 e. The van der Waals surface area contributed by atoms with Crippen molar-refractivity contribution in [3.63, 3.8) is 0 Å². The van der Waals surface area contributed by atoms with Crippen molar-refractivity contribution in [3.05, 3.63) is 28.5 Å². The number of hydrogen-bond donors (Lipinski definition) is 1. The van der Waals surface area contributed by atoms with E-state index in [0.717, 1.165) is 6.08 Å². The molecule has 0 spiro atoms. The molecule has 0 aliphatic heterocycles. The Hall–Kier alpha value is -1.29. The molecule has 0 saturated carbocycles. The van der Waals surface area contributed by atoms with Crippen LogP contribution in [0.1, 0.15) is 12.5 Å². The first-order valence-corrected chi connectivity index (χ1v) is 4.78. The first kappa shape index (κ1) is 9.80. The van der Waals surface area contributed by atoms with Crippen molar-refractivity contribution >= 4 is 23.1 Å². The van der Waals surface area contributed by atoms with Crippen LogP contribution < -0.4 is 0 Å². The quantitative estimate of drug-likeness (QED) is 0.460. The van der Waals surface area contributed by atoms with Gasteiger partial charge in [-0.05, 0) is 18.4 Å². The van der Waals surface area contributed by atoms with Crippen LogP contribution in [0.5, 0.6) is 0 Å². The molecule has 0 unspecified atom stereocenters. The second-order valence-electron chi connectivity index (χ2n) is 2.29. The Morgan fingerprint density at radius 3 is 3.08 bits per heavy atom. The molecule has 0 fully saturated rings. The summed E-state index contributed by atoms with van der Waals surface area (Å²) in [6, 6.07) is 1.73. The average molecular weight is 198 g/mol. The van der Waals surface area contributed by atoms with E-state index < -0.39 is 5.97 Å². The normalized spacial score (nSPS) is 11.3. The predicted molar refractivity (Wildman–Crippen MR) is 51.6 cm³/mol. The van der Waals surface area contributed by atoms with Crippen LogP contribution in [-0.2, 0) is 9.53 Å². The summed E-state index contributed by atoms with van der Waals surface area (Å²) < 4.78 is 4.64. The molecular weight excluding hydrogens is 188 g/mol. The van der Waals surface area contributed by atoms with Crippen LogP contribution in [0.3, 0.4) is 0 Å². The molecule has 0 amide bonds. The Bertz CT molecular complexity index is 301. The molecule has 1 aromatic rings. The van der Waals surface area contributed by atoms with E-state index in [2.05, 4.69) is 4.74 Å². The van der Waals surface area contributed by atoms with Gasteiger partial charge in [-0.2, -0.15) is 11.3 Å². The van der Waals surface area contributed by atoms with Gasteiger partial charge in [0, 0.05) is 10.9 Å². The van der Waals surface area contributed by atoms with Crippen molar-refractivity contribution in [1.82, 2.24) is 0 Å². The predicted octanol–water partition coefficient (Wildman–Crippen LogP) is 2.21. The fourth-order valence-corrected chi connectivity index (χ4v) is 1.44. The maximum atomic E-state index is 10.9. The summed E-state index contributed by atoms with van der Waals surface area (Å²) in [7, 11) is 0. The van der Waals surface area contributed by atoms with E-state index >= 15 is 0 Å². The fourth-order valence-electron chi connectivity index (χ4n) is 0.789. The molecule has 0 aromatic carbocycles. The lowest BCUT2D eigenvalue weighted by molar-refractivity contribution is -0.137. The summed E-state index contributed by atoms with van der Waals surface area (Å²) in [5.74, 6) is -0.578. The lowest BCUT2D eigenvalue weighted by atomic mass is 10.3. The Balaban J connectivity index is 2.67. The first-order valence-electron chi connectivity index (χ1n) is 3.84. The van der Waals surface area contributed by atoms with E-state index in [4.69, 9.17) is 0 Å². The number of aliphatic hydroxyl groups is 1. The van der Waals surface area contributed by atoms with Gasteiger partial charge in [-0.25, -0.2) is 4.79 Å². The number of carbonyl (C=O) groups is 1. The van der Waals surface area contributed by atoms with Crippen LogP contribution >= 0.6 is 11.3 Å². The van der Waals surface area contributed by atoms with Gasteiger partial charge in [-0.3, -0.25) is 0 Å². The zero-order valence-corrected chi connectivity index (χ0v) is 8.00. The molecule has 70 valence electrons. The van der Waals surface area contributed by atoms with Crippen LogP contribution in [0, 0.1) is 0 Å². The highest BCUT2D eigenvalue weighted by atomic mass is 32.1. The van der Waals surface area contributed by atoms with Crippen molar-refractivity contribution in [2.24, 2.45) is 0 Å². The third kappa shape index (κ3) is 2.91. The molecule has 4 heteroatoms. The molecule has 1 heterocycles. The van der Waals surface area contributed by atoms with Gasteiger partial charge in [0.15, 0.2) is 0 Å². The number of aliphatic hydroxyl groups excluding tert-OH is 1. The molecule has 0 saturated heterocycles. The zero-order valence-electron chi connectivity index (χ0n) is 7.19. The van der Waals surface area contributed by atoms with E-state index in [1.807, 2.05) is 5.38 Å². The lowest BCUT2D eigenvalue weighted by Crippen LogP contribution is -2.00. The van der Waals surface area contributed by atoms with Gasteiger partial charge in [0.25, 0.3) is 0 Å². The number of rotatable bonds is 3. The highest BCUT2D eigenvalue weighted by Gasteiger charge is 2.03. The van der Waals surface area contributed by atoms with Gasteiger partial charge in [-0.15, -0.1) is 0 Å². The van der Waals surface area contributed by atoms with Crippen molar-refractivity contribution in [2.45, 2.75) is 6.92 Å². The van der Waals surface area contributed by atoms with Crippen LogP contribution in [0.25, 0.3) is 5.76 Å². The maximum absolute atomic E-state index is 10.9. The molecular formula is C9H10O3S. The highest BCUT2D eigenvalue weighted by molar-refractivity contribution is 7.08. The zero-order chi connectivity index (χ0) is 9.68. The van der Waals surface area contributed by atoms with Gasteiger partial charge in [-0.1, -0.05) is 0 Å². The van der Waals surface area contributed by atoms with Gasteiger partial charge >= 0.3 is 5.97 Å². The summed E-state index contributed by atoms with van der Waals surface area (Å²) >= 11 is 1.46. The van der Waals surface area contributed by atoms with Gasteiger partial charge < -0.3 is 9.84 Å².